The molecule has 5 rings (SSSR count). The first-order chi connectivity index (χ1) is 16.5. The highest BCUT2D eigenvalue weighted by Crippen LogP contribution is 2.44. The predicted octanol–water partition coefficient (Wildman–Crippen LogP) is 4.73. The second-order valence-corrected chi connectivity index (χ2v) is 9.12. The van der Waals surface area contributed by atoms with Gasteiger partial charge in [0, 0.05) is 36.8 Å². The van der Waals surface area contributed by atoms with Crippen molar-refractivity contribution in [2.24, 2.45) is 11.8 Å². The maximum absolute atomic E-state index is 13.5. The van der Waals surface area contributed by atoms with Crippen LogP contribution in [-0.4, -0.2) is 62.3 Å². The van der Waals surface area contributed by atoms with E-state index in [4.69, 9.17) is 21.1 Å². The molecule has 1 saturated carbocycles. The number of methoxy groups -OCH3 is 1. The van der Waals surface area contributed by atoms with Gasteiger partial charge in [0.2, 0.25) is 0 Å². The third-order valence-corrected chi connectivity index (χ3v) is 6.32. The number of hydrogen-bond donors (Lipinski definition) is 2. The molecule has 1 aliphatic heterocycles. The number of anilines is 2. The molecule has 2 aromatic carbocycles. The van der Waals surface area contributed by atoms with Crippen molar-refractivity contribution in [2.45, 2.75) is 12.8 Å². The summed E-state index contributed by atoms with van der Waals surface area (Å²) in [5.41, 5.74) is 1.35. The van der Waals surface area contributed by atoms with Gasteiger partial charge in [-0.3, -0.25) is 0 Å². The SMILES string of the molecule is CNC.COc1cc2ncnc(Nc3ccc(F)c(Cl)c3)c2cc1OCCCN1CC2CC2C1. The van der Waals surface area contributed by atoms with Crippen molar-refractivity contribution in [1.82, 2.24) is 20.2 Å². The van der Waals surface area contributed by atoms with Gasteiger partial charge in [-0.2, -0.15) is 0 Å². The quantitative estimate of drug-likeness (QED) is 0.445. The van der Waals surface area contributed by atoms with Gasteiger partial charge in [0.05, 0.1) is 24.3 Å². The molecule has 0 radical (unpaired) electrons. The molecule has 34 heavy (non-hydrogen) atoms. The Morgan fingerprint density at radius 3 is 2.59 bits per heavy atom. The molecule has 0 amide bonds. The van der Waals surface area contributed by atoms with Gasteiger partial charge in [0.15, 0.2) is 11.5 Å². The van der Waals surface area contributed by atoms with Gasteiger partial charge in [-0.1, -0.05) is 11.6 Å². The van der Waals surface area contributed by atoms with Crippen LogP contribution >= 0.6 is 11.6 Å². The van der Waals surface area contributed by atoms with Gasteiger partial charge in [-0.15, -0.1) is 0 Å². The van der Waals surface area contributed by atoms with Crippen LogP contribution in [0.2, 0.25) is 5.02 Å². The number of rotatable bonds is 8. The number of hydrogen-bond acceptors (Lipinski definition) is 7. The third kappa shape index (κ3) is 5.87. The van der Waals surface area contributed by atoms with E-state index in [1.54, 1.807) is 13.2 Å². The Balaban J connectivity index is 0.000000868. The fourth-order valence-corrected chi connectivity index (χ4v) is 4.48. The van der Waals surface area contributed by atoms with E-state index in [1.807, 2.05) is 26.2 Å². The Morgan fingerprint density at radius 2 is 1.88 bits per heavy atom. The second kappa shape index (κ2) is 11.2. The summed E-state index contributed by atoms with van der Waals surface area (Å²) in [6, 6.07) is 8.16. The van der Waals surface area contributed by atoms with Crippen LogP contribution in [-0.2, 0) is 0 Å². The van der Waals surface area contributed by atoms with Gasteiger partial charge in [-0.05, 0) is 63.0 Å². The Labute approximate surface area is 204 Å². The summed E-state index contributed by atoms with van der Waals surface area (Å²) in [6.45, 7) is 4.15. The van der Waals surface area contributed by atoms with Crippen molar-refractivity contribution in [3.63, 3.8) is 0 Å². The van der Waals surface area contributed by atoms with Gasteiger partial charge in [0.1, 0.15) is 18.0 Å². The van der Waals surface area contributed by atoms with E-state index >= 15 is 0 Å². The van der Waals surface area contributed by atoms with Crippen molar-refractivity contribution in [3.8, 4) is 11.5 Å². The zero-order chi connectivity index (χ0) is 24.1. The molecule has 9 heteroatoms. The molecule has 2 fully saturated rings. The summed E-state index contributed by atoms with van der Waals surface area (Å²) < 4.78 is 25.1. The fourth-order valence-electron chi connectivity index (χ4n) is 4.29. The molecular formula is C25H31ClFN5O2. The summed E-state index contributed by atoms with van der Waals surface area (Å²) in [4.78, 5) is 11.2. The van der Waals surface area contributed by atoms with E-state index in [-0.39, 0.29) is 5.02 Å². The molecule has 2 heterocycles. The number of fused-ring (bicyclic) bond motifs is 2. The van der Waals surface area contributed by atoms with E-state index in [1.165, 1.54) is 38.0 Å². The molecular weight excluding hydrogens is 457 g/mol. The highest BCUT2D eigenvalue weighted by atomic mass is 35.5. The van der Waals surface area contributed by atoms with Crippen LogP contribution in [0.4, 0.5) is 15.9 Å². The number of aromatic nitrogens is 2. The monoisotopic (exact) mass is 487 g/mol. The lowest BCUT2D eigenvalue weighted by atomic mass is 10.2. The van der Waals surface area contributed by atoms with E-state index < -0.39 is 5.82 Å². The van der Waals surface area contributed by atoms with Gasteiger partial charge in [0.25, 0.3) is 0 Å². The maximum atomic E-state index is 13.5. The van der Waals surface area contributed by atoms with E-state index in [9.17, 15) is 4.39 Å². The Morgan fingerprint density at radius 1 is 1.12 bits per heavy atom. The lowest BCUT2D eigenvalue weighted by molar-refractivity contribution is 0.244. The smallest absolute Gasteiger partial charge is 0.162 e. The molecule has 1 aromatic heterocycles. The summed E-state index contributed by atoms with van der Waals surface area (Å²) >= 11 is 5.90. The zero-order valence-corrected chi connectivity index (χ0v) is 20.5. The zero-order valence-electron chi connectivity index (χ0n) is 19.8. The number of piperidine rings is 1. The average molecular weight is 488 g/mol. The topological polar surface area (TPSA) is 71.5 Å². The minimum atomic E-state index is -0.467. The summed E-state index contributed by atoms with van der Waals surface area (Å²) in [7, 11) is 5.37. The number of ether oxygens (including phenoxy) is 2. The van der Waals surface area contributed by atoms with Gasteiger partial charge in [-0.25, -0.2) is 14.4 Å². The molecule has 3 aromatic rings. The molecule has 0 bridgehead atoms. The van der Waals surface area contributed by atoms with Crippen LogP contribution in [0.15, 0.2) is 36.7 Å². The number of benzene rings is 2. The van der Waals surface area contributed by atoms with Crippen molar-refractivity contribution < 1.29 is 13.9 Å². The molecule has 0 spiro atoms. The molecule has 2 aliphatic rings. The number of nitrogens with zero attached hydrogens (tertiary/aromatic N) is 3. The highest BCUT2D eigenvalue weighted by molar-refractivity contribution is 6.31. The maximum Gasteiger partial charge on any atom is 0.162 e. The first-order valence-corrected chi connectivity index (χ1v) is 11.9. The van der Waals surface area contributed by atoms with Gasteiger partial charge < -0.3 is 25.0 Å². The summed E-state index contributed by atoms with van der Waals surface area (Å²) in [5.74, 6) is 3.29. The lowest BCUT2D eigenvalue weighted by Crippen LogP contribution is -2.25. The first kappa shape index (κ1) is 24.4. The first-order valence-electron chi connectivity index (χ1n) is 11.5. The Kier molecular flexibility index (Phi) is 8.03. The van der Waals surface area contributed by atoms with Crippen LogP contribution in [0, 0.1) is 17.7 Å². The third-order valence-electron chi connectivity index (χ3n) is 6.03. The Hall–Kier alpha value is -2.68. The normalized spacial score (nSPS) is 18.7. The molecule has 2 unspecified atom stereocenters. The number of nitrogens with one attached hydrogen (secondary N) is 2. The van der Waals surface area contributed by atoms with E-state index in [0.29, 0.717) is 35.1 Å². The van der Waals surface area contributed by atoms with Crippen molar-refractivity contribution >= 4 is 34.0 Å². The van der Waals surface area contributed by atoms with Crippen LogP contribution in [0.1, 0.15) is 12.8 Å². The molecule has 1 saturated heterocycles. The fraction of sp³-hybridized carbons (Fsp3) is 0.440. The Bertz CT molecular complexity index is 1120. The lowest BCUT2D eigenvalue weighted by Gasteiger charge is -2.18. The molecule has 2 atom stereocenters. The molecule has 182 valence electrons. The molecule has 7 nitrogen and oxygen atoms in total. The summed E-state index contributed by atoms with van der Waals surface area (Å²) in [6.07, 6.45) is 3.85. The van der Waals surface area contributed by atoms with Crippen molar-refractivity contribution in [2.75, 3.05) is 52.8 Å². The minimum absolute atomic E-state index is 0.0457. The van der Waals surface area contributed by atoms with E-state index in [0.717, 1.165) is 30.2 Å². The summed E-state index contributed by atoms with van der Waals surface area (Å²) in [5, 5.41) is 6.76. The second-order valence-electron chi connectivity index (χ2n) is 8.71. The van der Waals surface area contributed by atoms with Gasteiger partial charge >= 0.3 is 0 Å². The van der Waals surface area contributed by atoms with Crippen molar-refractivity contribution in [3.05, 3.63) is 47.5 Å². The van der Waals surface area contributed by atoms with E-state index in [2.05, 4.69) is 25.5 Å². The van der Waals surface area contributed by atoms with Crippen LogP contribution < -0.4 is 20.1 Å². The molecule has 1 aliphatic carbocycles. The minimum Gasteiger partial charge on any atom is -0.493 e. The number of likely N-dealkylation sites (tertiary alicyclic amines) is 1. The molecule has 2 N–H and O–H groups in total. The highest BCUT2D eigenvalue weighted by Gasteiger charge is 2.44. The van der Waals surface area contributed by atoms with Crippen LogP contribution in [0.25, 0.3) is 10.9 Å². The standard InChI is InChI=1S/C23H24ClFN4O2.C2H7N/c1-30-21-10-20-17(9-22(21)31-6-2-5-29-11-14-7-15(14)12-29)23(27-13-26-20)28-16-3-4-19(25)18(24)8-16;1-3-2/h3-4,8-10,13-15H,2,5-7,11-12H2,1H3,(H,26,27,28);3H,1-2H3. The van der Waals surface area contributed by atoms with Crippen molar-refractivity contribution in [1.29, 1.82) is 0 Å². The number of halogens is 2. The predicted molar refractivity (Wildman–Crippen MR) is 134 cm³/mol. The van der Waals surface area contributed by atoms with Crippen LogP contribution in [0.5, 0.6) is 11.5 Å². The average Bonchev–Trinajstić information content (AvgIpc) is 3.44. The van der Waals surface area contributed by atoms with Crippen LogP contribution in [0.3, 0.4) is 0 Å². The largest absolute Gasteiger partial charge is 0.493 e.